The summed E-state index contributed by atoms with van der Waals surface area (Å²) in [6.45, 7) is 7.07. The molecule has 2 aromatic carbocycles. The number of hydrogen-bond donors (Lipinski definition) is 1. The molecule has 0 radical (unpaired) electrons. The number of carbonyl (C=O) groups excluding carboxylic acids is 2. The van der Waals surface area contributed by atoms with Gasteiger partial charge in [-0.2, -0.15) is 0 Å². The average Bonchev–Trinajstić information content (AvgIpc) is 2.60. The molecule has 5 nitrogen and oxygen atoms in total. The van der Waals surface area contributed by atoms with Crippen LogP contribution in [0.5, 0.6) is 0 Å². The van der Waals surface area contributed by atoms with E-state index in [1.54, 1.807) is 29.8 Å². The quantitative estimate of drug-likeness (QED) is 0.882. The van der Waals surface area contributed by atoms with Crippen LogP contribution >= 0.6 is 0 Å². The number of aryl methyl sites for hydroxylation is 3. The van der Waals surface area contributed by atoms with Crippen LogP contribution in [-0.4, -0.2) is 41.9 Å². The van der Waals surface area contributed by atoms with Gasteiger partial charge in [0.1, 0.15) is 11.9 Å². The first-order valence-corrected chi connectivity index (χ1v) is 9.39. The summed E-state index contributed by atoms with van der Waals surface area (Å²) in [5.74, 6) is -0.601. The topological polar surface area (TPSA) is 52.7 Å². The maximum absolute atomic E-state index is 13.5. The van der Waals surface area contributed by atoms with Gasteiger partial charge in [-0.05, 0) is 49.6 Å². The summed E-state index contributed by atoms with van der Waals surface area (Å²) in [5.41, 5.74) is 4.63. The molecule has 2 aromatic rings. The van der Waals surface area contributed by atoms with Gasteiger partial charge in [0.15, 0.2) is 0 Å². The lowest BCUT2D eigenvalue weighted by molar-refractivity contribution is -0.128. The van der Waals surface area contributed by atoms with E-state index in [-0.39, 0.29) is 17.8 Å². The van der Waals surface area contributed by atoms with Crippen molar-refractivity contribution < 1.29 is 14.0 Å². The molecule has 6 heteroatoms. The molecular formula is C22H26FN3O2. The van der Waals surface area contributed by atoms with Gasteiger partial charge in [0.2, 0.25) is 5.91 Å². The van der Waals surface area contributed by atoms with Crippen LogP contribution in [-0.2, 0) is 11.3 Å². The molecule has 1 N–H and O–H groups in total. The maximum Gasteiger partial charge on any atom is 0.321 e. The summed E-state index contributed by atoms with van der Waals surface area (Å²) in [6, 6.07) is 9.53. The molecular weight excluding hydrogens is 357 g/mol. The van der Waals surface area contributed by atoms with Crippen LogP contribution in [0.25, 0.3) is 0 Å². The molecule has 1 atom stereocenters. The third-order valence-corrected chi connectivity index (χ3v) is 5.01. The molecule has 0 spiro atoms. The predicted molar refractivity (Wildman–Crippen MR) is 106 cm³/mol. The zero-order valence-corrected chi connectivity index (χ0v) is 16.8. The minimum absolute atomic E-state index is 0.220. The van der Waals surface area contributed by atoms with Crippen LogP contribution in [0, 0.1) is 26.6 Å². The number of nitrogens with zero attached hydrogens (tertiary/aromatic N) is 2. The Balaban J connectivity index is 1.85. The number of amides is 3. The van der Waals surface area contributed by atoms with Gasteiger partial charge in [-0.15, -0.1) is 0 Å². The highest BCUT2D eigenvalue weighted by atomic mass is 19.1. The number of urea groups is 1. The van der Waals surface area contributed by atoms with Crippen LogP contribution < -0.4 is 5.32 Å². The molecule has 148 valence electrons. The van der Waals surface area contributed by atoms with E-state index in [1.165, 1.54) is 12.1 Å². The molecule has 0 saturated carbocycles. The lowest BCUT2D eigenvalue weighted by Gasteiger charge is -2.38. The number of benzene rings is 2. The summed E-state index contributed by atoms with van der Waals surface area (Å²) in [6.07, 6.45) is 0. The SMILES string of the molecule is Cc1cc(C)cc(CN(C)C(=O)N2CCNC(=O)[C@@H]2c2ccc(F)cc2C)c1. The van der Waals surface area contributed by atoms with Gasteiger partial charge < -0.3 is 15.1 Å². The van der Waals surface area contributed by atoms with Crippen molar-refractivity contribution in [3.8, 4) is 0 Å². The van der Waals surface area contributed by atoms with E-state index in [2.05, 4.69) is 23.5 Å². The molecule has 3 amide bonds. The summed E-state index contributed by atoms with van der Waals surface area (Å²) in [4.78, 5) is 29.0. The number of halogens is 1. The molecule has 1 aliphatic heterocycles. The highest BCUT2D eigenvalue weighted by Crippen LogP contribution is 2.28. The smallest absolute Gasteiger partial charge is 0.321 e. The highest BCUT2D eigenvalue weighted by Gasteiger charge is 2.36. The van der Waals surface area contributed by atoms with Gasteiger partial charge in [-0.3, -0.25) is 4.79 Å². The van der Waals surface area contributed by atoms with E-state index in [9.17, 15) is 14.0 Å². The molecule has 28 heavy (non-hydrogen) atoms. The molecule has 0 aromatic heterocycles. The van der Waals surface area contributed by atoms with Crippen molar-refractivity contribution in [1.82, 2.24) is 15.1 Å². The van der Waals surface area contributed by atoms with Crippen LogP contribution in [0.15, 0.2) is 36.4 Å². The fourth-order valence-electron chi connectivity index (χ4n) is 3.85. The van der Waals surface area contributed by atoms with Gasteiger partial charge in [0.25, 0.3) is 0 Å². The summed E-state index contributed by atoms with van der Waals surface area (Å²) in [7, 11) is 1.74. The summed E-state index contributed by atoms with van der Waals surface area (Å²) >= 11 is 0. The Bertz CT molecular complexity index is 892. The van der Waals surface area contributed by atoms with E-state index in [1.807, 2.05) is 13.8 Å². The van der Waals surface area contributed by atoms with Crippen molar-refractivity contribution in [2.24, 2.45) is 0 Å². The standard InChI is InChI=1S/C22H26FN3O2/c1-14-9-15(2)11-17(10-14)13-25(4)22(28)26-8-7-24-21(27)20(26)19-6-5-18(23)12-16(19)3/h5-6,9-12,20H,7-8,13H2,1-4H3,(H,24,27)/t20-/m0/s1. The van der Waals surface area contributed by atoms with Crippen molar-refractivity contribution in [1.29, 1.82) is 0 Å². The molecule has 0 bridgehead atoms. The monoisotopic (exact) mass is 383 g/mol. The second-order valence-electron chi connectivity index (χ2n) is 7.52. The van der Waals surface area contributed by atoms with Crippen LogP contribution in [0.4, 0.5) is 9.18 Å². The second kappa shape index (κ2) is 8.00. The third kappa shape index (κ3) is 4.16. The van der Waals surface area contributed by atoms with Gasteiger partial charge in [-0.25, -0.2) is 9.18 Å². The first kappa shape index (κ1) is 19.9. The molecule has 1 aliphatic rings. The van der Waals surface area contributed by atoms with Crippen molar-refractivity contribution >= 4 is 11.9 Å². The Labute approximate surface area is 165 Å². The Hall–Kier alpha value is -2.89. The van der Waals surface area contributed by atoms with Crippen LogP contribution in [0.1, 0.15) is 33.9 Å². The summed E-state index contributed by atoms with van der Waals surface area (Å²) in [5, 5.41) is 2.82. The van der Waals surface area contributed by atoms with E-state index in [0.29, 0.717) is 30.8 Å². The van der Waals surface area contributed by atoms with Gasteiger partial charge in [0.05, 0.1) is 0 Å². The zero-order chi connectivity index (χ0) is 20.4. The highest BCUT2D eigenvalue weighted by molar-refractivity contribution is 5.89. The number of rotatable bonds is 3. The van der Waals surface area contributed by atoms with Gasteiger partial charge in [0, 0.05) is 26.7 Å². The van der Waals surface area contributed by atoms with Gasteiger partial charge in [-0.1, -0.05) is 35.4 Å². The first-order chi connectivity index (χ1) is 13.3. The van der Waals surface area contributed by atoms with Crippen LogP contribution in [0.2, 0.25) is 0 Å². The third-order valence-electron chi connectivity index (χ3n) is 5.01. The summed E-state index contributed by atoms with van der Waals surface area (Å²) < 4.78 is 13.5. The molecule has 1 saturated heterocycles. The lowest BCUT2D eigenvalue weighted by Crippen LogP contribution is -2.55. The van der Waals surface area contributed by atoms with Crippen LogP contribution in [0.3, 0.4) is 0 Å². The van der Waals surface area contributed by atoms with Crippen molar-refractivity contribution in [2.75, 3.05) is 20.1 Å². The van der Waals surface area contributed by atoms with E-state index in [0.717, 1.165) is 16.7 Å². The predicted octanol–water partition coefficient (Wildman–Crippen LogP) is 3.48. The Morgan fingerprint density at radius 3 is 2.50 bits per heavy atom. The van der Waals surface area contributed by atoms with Crippen molar-refractivity contribution in [2.45, 2.75) is 33.4 Å². The fraction of sp³-hybridized carbons (Fsp3) is 0.364. The number of hydrogen-bond acceptors (Lipinski definition) is 2. The second-order valence-corrected chi connectivity index (χ2v) is 7.52. The van der Waals surface area contributed by atoms with Crippen molar-refractivity contribution in [3.63, 3.8) is 0 Å². The van der Waals surface area contributed by atoms with E-state index in [4.69, 9.17) is 0 Å². The molecule has 1 fully saturated rings. The zero-order valence-electron chi connectivity index (χ0n) is 16.8. The minimum Gasteiger partial charge on any atom is -0.352 e. The minimum atomic E-state index is -0.761. The number of nitrogens with one attached hydrogen (secondary N) is 1. The Kier molecular flexibility index (Phi) is 5.68. The van der Waals surface area contributed by atoms with E-state index < -0.39 is 6.04 Å². The lowest BCUT2D eigenvalue weighted by atomic mass is 9.97. The molecule has 0 unspecified atom stereocenters. The Morgan fingerprint density at radius 2 is 1.86 bits per heavy atom. The average molecular weight is 383 g/mol. The van der Waals surface area contributed by atoms with Gasteiger partial charge >= 0.3 is 6.03 Å². The van der Waals surface area contributed by atoms with Crippen molar-refractivity contribution in [3.05, 3.63) is 70.0 Å². The maximum atomic E-state index is 13.5. The normalized spacial score (nSPS) is 16.7. The fourth-order valence-corrected chi connectivity index (χ4v) is 3.85. The molecule has 1 heterocycles. The molecule has 0 aliphatic carbocycles. The number of carbonyl (C=O) groups is 2. The Morgan fingerprint density at radius 1 is 1.18 bits per heavy atom. The first-order valence-electron chi connectivity index (χ1n) is 9.39. The number of piperazine rings is 1. The molecule has 3 rings (SSSR count). The largest absolute Gasteiger partial charge is 0.352 e. The van der Waals surface area contributed by atoms with E-state index >= 15 is 0 Å².